The van der Waals surface area contributed by atoms with Crippen molar-refractivity contribution in [3.8, 4) is 28.1 Å². The fourth-order valence-corrected chi connectivity index (χ4v) is 7.64. The van der Waals surface area contributed by atoms with Crippen molar-refractivity contribution in [2.24, 2.45) is 0 Å². The fraction of sp³-hybridized carbons (Fsp3) is 0.0278. The van der Waals surface area contributed by atoms with Gasteiger partial charge in [-0.25, -0.2) is 0 Å². The van der Waals surface area contributed by atoms with E-state index in [4.69, 9.17) is 4.98 Å². The van der Waals surface area contributed by atoms with E-state index >= 15 is 0 Å². The number of aromatic nitrogens is 2. The van der Waals surface area contributed by atoms with Gasteiger partial charge >= 0.3 is 0 Å². The number of pyridine rings is 1. The molecule has 39 heavy (non-hydrogen) atoms. The van der Waals surface area contributed by atoms with Gasteiger partial charge in [0.2, 0.25) is 0 Å². The Morgan fingerprint density at radius 1 is 0.538 bits per heavy atom. The highest BCUT2D eigenvalue weighted by Crippen LogP contribution is 2.63. The van der Waals surface area contributed by atoms with Gasteiger partial charge in [0.1, 0.15) is 0 Å². The average Bonchev–Trinajstić information content (AvgIpc) is 3.57. The molecular weight excluding hydrogens is 540 g/mol. The molecule has 0 fully saturated rings. The Hall–Kier alpha value is -4.47. The predicted octanol–water partition coefficient (Wildman–Crippen LogP) is 9.28. The summed E-state index contributed by atoms with van der Waals surface area (Å²) in [7, 11) is 0. The van der Waals surface area contributed by atoms with Crippen molar-refractivity contribution in [2.75, 3.05) is 0 Å². The second-order valence-electron chi connectivity index (χ2n) is 10.5. The minimum absolute atomic E-state index is 0.430. The van der Waals surface area contributed by atoms with Gasteiger partial charge in [0.05, 0.1) is 22.1 Å². The SMILES string of the molecule is Brc1ccc2c(c1)C1(c3ccccc3-c3cc4c5ccccc5n(-c5ccccc5)c4cc31)c1cccnc1-2. The maximum Gasteiger partial charge on any atom is 0.0753 e. The molecule has 0 saturated heterocycles. The van der Waals surface area contributed by atoms with Crippen LogP contribution in [0, 0.1) is 0 Å². The molecule has 1 atom stereocenters. The summed E-state index contributed by atoms with van der Waals surface area (Å²) >= 11 is 3.80. The Balaban J connectivity index is 1.50. The molecule has 0 aliphatic heterocycles. The second-order valence-corrected chi connectivity index (χ2v) is 11.4. The Bertz CT molecular complexity index is 2140. The first-order valence-corrected chi connectivity index (χ1v) is 14.0. The Morgan fingerprint density at radius 2 is 1.31 bits per heavy atom. The largest absolute Gasteiger partial charge is 0.309 e. The summed E-state index contributed by atoms with van der Waals surface area (Å²) in [5.41, 5.74) is 13.3. The van der Waals surface area contributed by atoms with Crippen molar-refractivity contribution in [2.45, 2.75) is 5.41 Å². The van der Waals surface area contributed by atoms with Crippen LogP contribution in [0.5, 0.6) is 0 Å². The van der Waals surface area contributed by atoms with Crippen LogP contribution in [0.15, 0.2) is 132 Å². The van der Waals surface area contributed by atoms with Gasteiger partial charge in [-0.05, 0) is 81.9 Å². The molecule has 0 N–H and O–H groups in total. The van der Waals surface area contributed by atoms with E-state index in [1.54, 1.807) is 0 Å². The molecule has 9 rings (SSSR count). The number of hydrogen-bond donors (Lipinski definition) is 0. The molecule has 0 amide bonds. The highest BCUT2D eigenvalue weighted by molar-refractivity contribution is 9.10. The number of halogens is 1. The lowest BCUT2D eigenvalue weighted by molar-refractivity contribution is 0.791. The molecule has 0 bridgehead atoms. The van der Waals surface area contributed by atoms with Gasteiger partial charge in [-0.1, -0.05) is 88.7 Å². The summed E-state index contributed by atoms with van der Waals surface area (Å²) < 4.78 is 3.50. The normalized spacial score (nSPS) is 16.4. The summed E-state index contributed by atoms with van der Waals surface area (Å²) in [5, 5.41) is 2.55. The van der Waals surface area contributed by atoms with Crippen molar-refractivity contribution < 1.29 is 0 Å². The molecular formula is C36H21BrN2. The third-order valence-electron chi connectivity index (χ3n) is 8.70. The van der Waals surface area contributed by atoms with Gasteiger partial charge in [-0.3, -0.25) is 4.98 Å². The zero-order valence-electron chi connectivity index (χ0n) is 20.9. The molecule has 1 spiro atoms. The zero-order valence-corrected chi connectivity index (χ0v) is 22.5. The maximum atomic E-state index is 4.94. The van der Waals surface area contributed by atoms with Crippen molar-refractivity contribution >= 4 is 37.7 Å². The van der Waals surface area contributed by atoms with E-state index in [2.05, 4.69) is 142 Å². The van der Waals surface area contributed by atoms with Crippen molar-refractivity contribution in [3.05, 3.63) is 154 Å². The van der Waals surface area contributed by atoms with E-state index < -0.39 is 5.41 Å². The van der Waals surface area contributed by atoms with Gasteiger partial charge in [-0.2, -0.15) is 0 Å². The van der Waals surface area contributed by atoms with E-state index in [-0.39, 0.29) is 0 Å². The summed E-state index contributed by atoms with van der Waals surface area (Å²) in [4.78, 5) is 4.94. The standard InChI is InChI=1S/C36H21BrN2/c37-22-16-17-26-31(19-22)36(30-14-8-18-38-35(26)30)29-13-6-4-11-24(29)27-20-28-25-12-5-7-15-33(25)39(34(28)21-32(27)36)23-9-2-1-3-10-23/h1-21H. The third kappa shape index (κ3) is 2.59. The Labute approximate surface area is 234 Å². The van der Waals surface area contributed by atoms with Crippen LogP contribution < -0.4 is 0 Å². The summed E-state index contributed by atoms with van der Waals surface area (Å²) in [6.07, 6.45) is 1.92. The van der Waals surface area contributed by atoms with Crippen LogP contribution in [-0.2, 0) is 5.41 Å². The van der Waals surface area contributed by atoms with Crippen LogP contribution in [0.3, 0.4) is 0 Å². The predicted molar refractivity (Wildman–Crippen MR) is 163 cm³/mol. The molecule has 5 aromatic carbocycles. The summed E-state index contributed by atoms with van der Waals surface area (Å²) in [6, 6.07) is 44.4. The first kappa shape index (κ1) is 21.5. The van der Waals surface area contributed by atoms with Gasteiger partial charge in [0, 0.05) is 32.7 Å². The van der Waals surface area contributed by atoms with E-state index in [0.717, 1.165) is 10.2 Å². The second kappa shape index (κ2) is 7.56. The van der Waals surface area contributed by atoms with Gasteiger partial charge in [0.15, 0.2) is 0 Å². The monoisotopic (exact) mass is 560 g/mol. The molecule has 3 heteroatoms. The highest BCUT2D eigenvalue weighted by Gasteiger charge is 2.52. The summed E-state index contributed by atoms with van der Waals surface area (Å²) in [6.45, 7) is 0. The molecule has 1 unspecified atom stereocenters. The highest BCUT2D eigenvalue weighted by atomic mass is 79.9. The van der Waals surface area contributed by atoms with E-state index in [0.29, 0.717) is 0 Å². The smallest absolute Gasteiger partial charge is 0.0753 e. The molecule has 0 radical (unpaired) electrons. The van der Waals surface area contributed by atoms with Crippen LogP contribution in [0.2, 0.25) is 0 Å². The third-order valence-corrected chi connectivity index (χ3v) is 9.20. The minimum atomic E-state index is -0.430. The molecule has 7 aromatic rings. The van der Waals surface area contributed by atoms with E-state index in [1.165, 1.54) is 66.4 Å². The molecule has 2 heterocycles. The number of para-hydroxylation sites is 2. The molecule has 2 aliphatic rings. The lowest BCUT2D eigenvalue weighted by Crippen LogP contribution is -2.26. The van der Waals surface area contributed by atoms with E-state index in [9.17, 15) is 0 Å². The number of nitrogens with zero attached hydrogens (tertiary/aromatic N) is 2. The fourth-order valence-electron chi connectivity index (χ4n) is 7.27. The molecule has 2 nitrogen and oxygen atoms in total. The van der Waals surface area contributed by atoms with Crippen molar-refractivity contribution in [1.29, 1.82) is 0 Å². The van der Waals surface area contributed by atoms with Crippen LogP contribution >= 0.6 is 15.9 Å². The van der Waals surface area contributed by atoms with Crippen molar-refractivity contribution in [3.63, 3.8) is 0 Å². The molecule has 2 aliphatic carbocycles. The van der Waals surface area contributed by atoms with Crippen molar-refractivity contribution in [1.82, 2.24) is 9.55 Å². The van der Waals surface area contributed by atoms with Crippen LogP contribution in [-0.4, -0.2) is 9.55 Å². The van der Waals surface area contributed by atoms with Crippen LogP contribution in [0.1, 0.15) is 22.3 Å². The van der Waals surface area contributed by atoms with E-state index in [1.807, 2.05) is 6.20 Å². The molecule has 0 saturated carbocycles. The number of rotatable bonds is 1. The Morgan fingerprint density at radius 3 is 2.23 bits per heavy atom. The lowest BCUT2D eigenvalue weighted by atomic mass is 9.71. The van der Waals surface area contributed by atoms with Gasteiger partial charge in [-0.15, -0.1) is 0 Å². The molecule has 182 valence electrons. The zero-order chi connectivity index (χ0) is 25.7. The van der Waals surface area contributed by atoms with Crippen LogP contribution in [0.25, 0.3) is 49.9 Å². The molecule has 2 aromatic heterocycles. The maximum absolute atomic E-state index is 4.94. The Kier molecular flexibility index (Phi) is 4.16. The number of hydrogen-bond acceptors (Lipinski definition) is 1. The van der Waals surface area contributed by atoms with Crippen LogP contribution in [0.4, 0.5) is 0 Å². The first-order valence-electron chi connectivity index (χ1n) is 13.3. The van der Waals surface area contributed by atoms with Gasteiger partial charge < -0.3 is 4.57 Å². The quantitative estimate of drug-likeness (QED) is 0.195. The minimum Gasteiger partial charge on any atom is -0.309 e. The number of fused-ring (bicyclic) bond motifs is 13. The first-order chi connectivity index (χ1) is 19.3. The van der Waals surface area contributed by atoms with Gasteiger partial charge in [0.25, 0.3) is 0 Å². The average molecular weight is 561 g/mol. The topological polar surface area (TPSA) is 17.8 Å². The lowest BCUT2D eigenvalue weighted by Gasteiger charge is -2.30. The number of benzene rings is 5. The summed E-state index contributed by atoms with van der Waals surface area (Å²) in [5.74, 6) is 0.